The fourth-order valence-electron chi connectivity index (χ4n) is 3.00. The van der Waals surface area contributed by atoms with E-state index in [1.165, 1.54) is 0 Å². The summed E-state index contributed by atoms with van der Waals surface area (Å²) in [5.41, 5.74) is 2.55. The predicted molar refractivity (Wildman–Crippen MR) is 89.6 cm³/mol. The summed E-state index contributed by atoms with van der Waals surface area (Å²) >= 11 is 0. The first-order valence-corrected chi connectivity index (χ1v) is 8.80. The van der Waals surface area contributed by atoms with Gasteiger partial charge in [-0.25, -0.2) is 0 Å². The molecule has 2 aliphatic rings. The van der Waals surface area contributed by atoms with Gasteiger partial charge in [-0.15, -0.1) is 0 Å². The number of hydrogen-bond donors (Lipinski definition) is 2. The van der Waals surface area contributed by atoms with Gasteiger partial charge in [0.05, 0.1) is 19.8 Å². The molecule has 1 saturated carbocycles. The number of amides is 2. The van der Waals surface area contributed by atoms with E-state index >= 15 is 0 Å². The summed E-state index contributed by atoms with van der Waals surface area (Å²) in [6.07, 6.45) is 2.76. The van der Waals surface area contributed by atoms with E-state index in [1.807, 2.05) is 0 Å². The van der Waals surface area contributed by atoms with Crippen LogP contribution in [0.5, 0.6) is 0 Å². The molecule has 26 heavy (non-hydrogen) atoms. The molecule has 0 spiro atoms. The molecule has 2 aromatic rings. The number of aromatic nitrogens is 3. The molecular formula is C17H21N5O4. The lowest BCUT2D eigenvalue weighted by Crippen LogP contribution is -2.29. The Bertz CT molecular complexity index is 836. The first-order chi connectivity index (χ1) is 12.6. The number of ether oxygens (including phenoxy) is 1. The smallest absolute Gasteiger partial charge is 0.273 e. The van der Waals surface area contributed by atoms with Crippen molar-refractivity contribution in [3.05, 3.63) is 34.5 Å². The zero-order valence-electron chi connectivity index (χ0n) is 14.6. The monoisotopic (exact) mass is 359 g/mol. The van der Waals surface area contributed by atoms with Crippen LogP contribution in [-0.4, -0.2) is 45.9 Å². The van der Waals surface area contributed by atoms with E-state index in [2.05, 4.69) is 20.9 Å². The maximum Gasteiger partial charge on any atom is 0.273 e. The molecule has 2 amide bonds. The number of hydrogen-bond acceptors (Lipinski definition) is 6. The maximum atomic E-state index is 12.4. The van der Waals surface area contributed by atoms with E-state index in [0.717, 1.165) is 24.1 Å². The van der Waals surface area contributed by atoms with Crippen LogP contribution in [0.4, 0.5) is 0 Å². The van der Waals surface area contributed by atoms with Crippen LogP contribution in [0.25, 0.3) is 0 Å². The summed E-state index contributed by atoms with van der Waals surface area (Å²) in [7, 11) is 0. The highest BCUT2D eigenvalue weighted by Crippen LogP contribution is 2.23. The molecule has 0 radical (unpaired) electrons. The second kappa shape index (κ2) is 6.91. The Hall–Kier alpha value is -2.68. The second-order valence-corrected chi connectivity index (χ2v) is 6.63. The summed E-state index contributed by atoms with van der Waals surface area (Å²) in [5.74, 6) is 0.149. The van der Waals surface area contributed by atoms with E-state index < -0.39 is 0 Å². The van der Waals surface area contributed by atoms with Crippen LogP contribution < -0.4 is 10.6 Å². The van der Waals surface area contributed by atoms with Gasteiger partial charge in [-0.2, -0.15) is 5.10 Å². The number of carbonyl (C=O) groups excluding carboxylic acids is 2. The Balaban J connectivity index is 1.43. The molecule has 1 aliphatic heterocycles. The number of nitrogens with one attached hydrogen (secondary N) is 2. The first-order valence-electron chi connectivity index (χ1n) is 8.80. The highest BCUT2D eigenvalue weighted by atomic mass is 16.5. The number of aryl methyl sites for hydroxylation is 1. The largest absolute Gasteiger partial charge is 0.376 e. The fraction of sp³-hybridized carbons (Fsp3) is 0.529. The molecule has 1 fully saturated rings. The SMILES string of the molecule is Cc1cc(C(=O)NCCn2nc(C(=O)NC3CC3)c3c2CCOC3)no1. The average Bonchev–Trinajstić information content (AvgIpc) is 3.21. The Labute approximate surface area is 150 Å². The van der Waals surface area contributed by atoms with E-state index in [-0.39, 0.29) is 23.6 Å². The van der Waals surface area contributed by atoms with E-state index in [4.69, 9.17) is 9.26 Å². The summed E-state index contributed by atoms with van der Waals surface area (Å²) in [6.45, 7) is 3.58. The highest BCUT2D eigenvalue weighted by Gasteiger charge is 2.29. The van der Waals surface area contributed by atoms with Gasteiger partial charge < -0.3 is 19.9 Å². The highest BCUT2D eigenvalue weighted by molar-refractivity contribution is 5.94. The molecule has 0 unspecified atom stereocenters. The summed E-state index contributed by atoms with van der Waals surface area (Å²) in [5, 5.41) is 13.9. The molecule has 0 atom stereocenters. The first kappa shape index (κ1) is 16.8. The molecule has 0 saturated heterocycles. The third-order valence-electron chi connectivity index (χ3n) is 4.49. The van der Waals surface area contributed by atoms with Crippen molar-refractivity contribution in [2.24, 2.45) is 0 Å². The van der Waals surface area contributed by atoms with Gasteiger partial charge in [0.1, 0.15) is 5.76 Å². The minimum atomic E-state index is -0.294. The summed E-state index contributed by atoms with van der Waals surface area (Å²) < 4.78 is 12.2. The molecule has 1 aliphatic carbocycles. The van der Waals surface area contributed by atoms with Crippen molar-refractivity contribution in [3.63, 3.8) is 0 Å². The van der Waals surface area contributed by atoms with Crippen molar-refractivity contribution in [1.82, 2.24) is 25.6 Å². The van der Waals surface area contributed by atoms with Crippen molar-refractivity contribution in [1.29, 1.82) is 0 Å². The lowest BCUT2D eigenvalue weighted by molar-refractivity contribution is 0.0921. The van der Waals surface area contributed by atoms with Crippen LogP contribution in [0.2, 0.25) is 0 Å². The third kappa shape index (κ3) is 3.48. The van der Waals surface area contributed by atoms with Gasteiger partial charge >= 0.3 is 0 Å². The molecule has 4 rings (SSSR count). The summed E-state index contributed by atoms with van der Waals surface area (Å²) in [6, 6.07) is 1.86. The fourth-order valence-corrected chi connectivity index (χ4v) is 3.00. The minimum Gasteiger partial charge on any atom is -0.376 e. The Morgan fingerprint density at radius 2 is 2.19 bits per heavy atom. The van der Waals surface area contributed by atoms with Gasteiger partial charge in [-0.05, 0) is 19.8 Å². The molecule has 2 aromatic heterocycles. The molecule has 9 heteroatoms. The van der Waals surface area contributed by atoms with Gasteiger partial charge in [-0.1, -0.05) is 5.16 Å². The van der Waals surface area contributed by atoms with Crippen molar-refractivity contribution < 1.29 is 18.8 Å². The van der Waals surface area contributed by atoms with Gasteiger partial charge in [-0.3, -0.25) is 14.3 Å². The van der Waals surface area contributed by atoms with E-state index in [9.17, 15) is 9.59 Å². The van der Waals surface area contributed by atoms with Gasteiger partial charge in [0.25, 0.3) is 11.8 Å². The molecule has 0 aromatic carbocycles. The normalized spacial score (nSPS) is 16.2. The van der Waals surface area contributed by atoms with Crippen LogP contribution >= 0.6 is 0 Å². The lowest BCUT2D eigenvalue weighted by Gasteiger charge is -2.15. The van der Waals surface area contributed by atoms with Gasteiger partial charge in [0, 0.05) is 36.3 Å². The zero-order valence-corrected chi connectivity index (χ0v) is 14.6. The minimum absolute atomic E-state index is 0.143. The number of fused-ring (bicyclic) bond motifs is 1. The Morgan fingerprint density at radius 1 is 1.35 bits per heavy atom. The van der Waals surface area contributed by atoms with E-state index in [1.54, 1.807) is 17.7 Å². The summed E-state index contributed by atoms with van der Waals surface area (Å²) in [4.78, 5) is 24.5. The van der Waals surface area contributed by atoms with Crippen molar-refractivity contribution in [2.75, 3.05) is 13.2 Å². The van der Waals surface area contributed by atoms with Crippen LogP contribution in [0, 0.1) is 6.92 Å². The van der Waals surface area contributed by atoms with Gasteiger partial charge in [0.2, 0.25) is 0 Å². The van der Waals surface area contributed by atoms with Crippen LogP contribution in [0.15, 0.2) is 10.6 Å². The quantitative estimate of drug-likeness (QED) is 0.780. The van der Waals surface area contributed by atoms with Crippen LogP contribution in [0.3, 0.4) is 0 Å². The molecule has 2 N–H and O–H groups in total. The van der Waals surface area contributed by atoms with Gasteiger partial charge in [0.15, 0.2) is 11.4 Å². The molecule has 9 nitrogen and oxygen atoms in total. The molecule has 3 heterocycles. The predicted octanol–water partition coefficient (Wildman–Crippen LogP) is 0.574. The standard InChI is InChI=1S/C17H21N5O4/c1-10-8-13(21-26-10)16(23)18-5-6-22-14-4-7-25-9-12(14)15(20-22)17(24)19-11-2-3-11/h8,11H,2-7,9H2,1H3,(H,18,23)(H,19,24). The van der Waals surface area contributed by atoms with Crippen molar-refractivity contribution in [3.8, 4) is 0 Å². The van der Waals surface area contributed by atoms with Crippen molar-refractivity contribution in [2.45, 2.75) is 45.4 Å². The maximum absolute atomic E-state index is 12.4. The van der Waals surface area contributed by atoms with E-state index in [0.29, 0.717) is 44.2 Å². The van der Waals surface area contributed by atoms with Crippen molar-refractivity contribution >= 4 is 11.8 Å². The number of carbonyl (C=O) groups is 2. The molecular weight excluding hydrogens is 338 g/mol. The Morgan fingerprint density at radius 3 is 2.92 bits per heavy atom. The van der Waals surface area contributed by atoms with Crippen LogP contribution in [-0.2, 0) is 24.3 Å². The zero-order chi connectivity index (χ0) is 18.1. The number of rotatable bonds is 6. The second-order valence-electron chi connectivity index (χ2n) is 6.63. The van der Waals surface area contributed by atoms with Crippen LogP contribution in [0.1, 0.15) is 50.8 Å². The molecule has 138 valence electrons. The Kier molecular flexibility index (Phi) is 4.46. The topological polar surface area (TPSA) is 111 Å². The third-order valence-corrected chi connectivity index (χ3v) is 4.49. The average molecular weight is 359 g/mol. The molecule has 0 bridgehead atoms. The lowest BCUT2D eigenvalue weighted by atomic mass is 10.1. The number of nitrogens with zero attached hydrogens (tertiary/aromatic N) is 3.